The zero-order valence-electron chi connectivity index (χ0n) is 8.39. The zero-order valence-corrected chi connectivity index (χ0v) is 8.39. The van der Waals surface area contributed by atoms with Crippen LogP contribution in [0.1, 0.15) is 40.0 Å². The third-order valence-electron chi connectivity index (χ3n) is 2.50. The number of aliphatic hydroxyl groups is 1. The molecule has 0 saturated heterocycles. The van der Waals surface area contributed by atoms with E-state index in [1.54, 1.807) is 0 Å². The lowest BCUT2D eigenvalue weighted by atomic mass is 9.61. The minimum absolute atomic E-state index is 0.177. The summed E-state index contributed by atoms with van der Waals surface area (Å²) in [5, 5.41) is 9.17. The molecule has 0 heterocycles. The first-order valence-electron chi connectivity index (χ1n) is 4.78. The summed E-state index contributed by atoms with van der Waals surface area (Å²) >= 11 is 0. The standard InChI is InChI=1S/C10H20O2/c1-4-5-12-10(8-11)6-9(2,3)7-10/h11H,4-8H2,1-3H3. The Morgan fingerprint density at radius 1 is 1.33 bits per heavy atom. The fraction of sp³-hybridized carbons (Fsp3) is 1.00. The van der Waals surface area contributed by atoms with Crippen LogP contribution in [0.4, 0.5) is 0 Å². The van der Waals surface area contributed by atoms with Crippen LogP contribution in [0, 0.1) is 5.41 Å². The van der Waals surface area contributed by atoms with Crippen molar-refractivity contribution in [1.29, 1.82) is 0 Å². The molecule has 0 aliphatic heterocycles. The summed E-state index contributed by atoms with van der Waals surface area (Å²) < 4.78 is 5.65. The fourth-order valence-corrected chi connectivity index (χ4v) is 2.27. The Labute approximate surface area is 74.9 Å². The lowest BCUT2D eigenvalue weighted by Gasteiger charge is -2.51. The van der Waals surface area contributed by atoms with Gasteiger partial charge in [-0.25, -0.2) is 0 Å². The van der Waals surface area contributed by atoms with E-state index in [-0.39, 0.29) is 12.2 Å². The smallest absolute Gasteiger partial charge is 0.0922 e. The third kappa shape index (κ3) is 1.99. The predicted octanol–water partition coefficient (Wildman–Crippen LogP) is 1.96. The Kier molecular flexibility index (Phi) is 2.79. The minimum Gasteiger partial charge on any atom is -0.393 e. The van der Waals surface area contributed by atoms with Gasteiger partial charge in [-0.15, -0.1) is 0 Å². The third-order valence-corrected chi connectivity index (χ3v) is 2.50. The molecule has 0 atom stereocenters. The Bertz CT molecular complexity index is 144. The molecule has 1 fully saturated rings. The Balaban J connectivity index is 2.36. The van der Waals surface area contributed by atoms with E-state index in [1.165, 1.54) is 0 Å². The van der Waals surface area contributed by atoms with Gasteiger partial charge in [-0.05, 0) is 24.7 Å². The summed E-state index contributed by atoms with van der Waals surface area (Å²) in [5.74, 6) is 0. The van der Waals surface area contributed by atoms with Crippen LogP contribution in [0.2, 0.25) is 0 Å². The monoisotopic (exact) mass is 172 g/mol. The van der Waals surface area contributed by atoms with E-state index in [4.69, 9.17) is 4.74 Å². The van der Waals surface area contributed by atoms with Gasteiger partial charge in [0, 0.05) is 6.61 Å². The van der Waals surface area contributed by atoms with Gasteiger partial charge >= 0.3 is 0 Å². The lowest BCUT2D eigenvalue weighted by molar-refractivity contribution is -0.179. The van der Waals surface area contributed by atoms with Gasteiger partial charge in [0.15, 0.2) is 0 Å². The molecule has 0 radical (unpaired) electrons. The molecule has 2 nitrogen and oxygen atoms in total. The molecule has 2 heteroatoms. The van der Waals surface area contributed by atoms with E-state index >= 15 is 0 Å². The van der Waals surface area contributed by atoms with E-state index in [2.05, 4.69) is 20.8 Å². The number of rotatable bonds is 4. The molecule has 12 heavy (non-hydrogen) atoms. The second-order valence-electron chi connectivity index (χ2n) is 4.71. The van der Waals surface area contributed by atoms with Gasteiger partial charge in [-0.3, -0.25) is 0 Å². The topological polar surface area (TPSA) is 29.5 Å². The molecule has 0 aromatic heterocycles. The average Bonchev–Trinajstić information content (AvgIpc) is 1.96. The van der Waals surface area contributed by atoms with Crippen LogP contribution in [-0.2, 0) is 4.74 Å². The quantitative estimate of drug-likeness (QED) is 0.702. The molecule has 1 N–H and O–H groups in total. The maximum Gasteiger partial charge on any atom is 0.0922 e. The zero-order chi connectivity index (χ0) is 9.24. The second kappa shape index (κ2) is 3.35. The lowest BCUT2D eigenvalue weighted by Crippen LogP contribution is -2.53. The number of hydrogen-bond donors (Lipinski definition) is 1. The molecule has 1 aliphatic carbocycles. The molecule has 1 rings (SSSR count). The molecule has 1 saturated carbocycles. The van der Waals surface area contributed by atoms with Crippen molar-refractivity contribution >= 4 is 0 Å². The summed E-state index contributed by atoms with van der Waals surface area (Å²) in [6.45, 7) is 7.48. The van der Waals surface area contributed by atoms with Crippen LogP contribution < -0.4 is 0 Å². The van der Waals surface area contributed by atoms with Crippen LogP contribution in [0.25, 0.3) is 0 Å². The van der Waals surface area contributed by atoms with Crippen LogP contribution >= 0.6 is 0 Å². The molecule has 0 aromatic carbocycles. The number of ether oxygens (including phenoxy) is 1. The molecule has 0 aromatic rings. The molecule has 0 unspecified atom stereocenters. The molecule has 72 valence electrons. The van der Waals surface area contributed by atoms with Gasteiger partial charge in [-0.1, -0.05) is 20.8 Å². The molecule has 0 bridgehead atoms. The van der Waals surface area contributed by atoms with E-state index in [1.807, 2.05) is 0 Å². The maximum absolute atomic E-state index is 9.17. The summed E-state index contributed by atoms with van der Waals surface area (Å²) in [6, 6.07) is 0. The molecule has 1 aliphatic rings. The van der Waals surface area contributed by atoms with Gasteiger partial charge in [0.2, 0.25) is 0 Å². The van der Waals surface area contributed by atoms with Gasteiger partial charge < -0.3 is 9.84 Å². The minimum atomic E-state index is -0.195. The van der Waals surface area contributed by atoms with E-state index < -0.39 is 0 Å². The van der Waals surface area contributed by atoms with Crippen molar-refractivity contribution < 1.29 is 9.84 Å². The van der Waals surface area contributed by atoms with Crippen molar-refractivity contribution in [3.05, 3.63) is 0 Å². The van der Waals surface area contributed by atoms with Crippen molar-refractivity contribution in [2.75, 3.05) is 13.2 Å². The highest BCUT2D eigenvalue weighted by Gasteiger charge is 2.49. The highest BCUT2D eigenvalue weighted by molar-refractivity contribution is 5.00. The number of hydrogen-bond acceptors (Lipinski definition) is 2. The second-order valence-corrected chi connectivity index (χ2v) is 4.71. The molecular formula is C10H20O2. The van der Waals surface area contributed by atoms with Gasteiger partial charge in [0.25, 0.3) is 0 Å². The highest BCUT2D eigenvalue weighted by atomic mass is 16.5. The van der Waals surface area contributed by atoms with E-state index in [0.717, 1.165) is 25.9 Å². The Morgan fingerprint density at radius 2 is 1.92 bits per heavy atom. The molecular weight excluding hydrogens is 152 g/mol. The highest BCUT2D eigenvalue weighted by Crippen LogP contribution is 2.49. The van der Waals surface area contributed by atoms with Crippen LogP contribution in [0.15, 0.2) is 0 Å². The van der Waals surface area contributed by atoms with Gasteiger partial charge in [-0.2, -0.15) is 0 Å². The first kappa shape index (κ1) is 10.0. The SMILES string of the molecule is CCCOC1(CO)CC(C)(C)C1. The number of aliphatic hydroxyl groups excluding tert-OH is 1. The summed E-state index contributed by atoms with van der Waals surface area (Å²) in [5.41, 5.74) is 0.177. The fourth-order valence-electron chi connectivity index (χ4n) is 2.27. The van der Waals surface area contributed by atoms with Gasteiger partial charge in [0.1, 0.15) is 0 Å². The molecule has 0 amide bonds. The largest absolute Gasteiger partial charge is 0.393 e. The summed E-state index contributed by atoms with van der Waals surface area (Å²) in [6.07, 6.45) is 3.02. The average molecular weight is 172 g/mol. The summed E-state index contributed by atoms with van der Waals surface area (Å²) in [7, 11) is 0. The molecule has 0 spiro atoms. The van der Waals surface area contributed by atoms with E-state index in [0.29, 0.717) is 5.41 Å². The first-order valence-corrected chi connectivity index (χ1v) is 4.78. The maximum atomic E-state index is 9.17. The predicted molar refractivity (Wildman–Crippen MR) is 49.1 cm³/mol. The normalized spacial score (nSPS) is 25.0. The Morgan fingerprint density at radius 3 is 2.25 bits per heavy atom. The van der Waals surface area contributed by atoms with E-state index in [9.17, 15) is 5.11 Å². The van der Waals surface area contributed by atoms with Crippen molar-refractivity contribution in [1.82, 2.24) is 0 Å². The van der Waals surface area contributed by atoms with Crippen LogP contribution in [-0.4, -0.2) is 23.9 Å². The van der Waals surface area contributed by atoms with Crippen LogP contribution in [0.5, 0.6) is 0 Å². The van der Waals surface area contributed by atoms with Crippen molar-refractivity contribution in [3.63, 3.8) is 0 Å². The van der Waals surface area contributed by atoms with Crippen molar-refractivity contribution in [2.45, 2.75) is 45.6 Å². The van der Waals surface area contributed by atoms with Crippen LogP contribution in [0.3, 0.4) is 0 Å². The Hall–Kier alpha value is -0.0800. The van der Waals surface area contributed by atoms with Gasteiger partial charge in [0.05, 0.1) is 12.2 Å². The van der Waals surface area contributed by atoms with Crippen molar-refractivity contribution in [3.8, 4) is 0 Å². The van der Waals surface area contributed by atoms with Crippen molar-refractivity contribution in [2.24, 2.45) is 5.41 Å². The summed E-state index contributed by atoms with van der Waals surface area (Å²) in [4.78, 5) is 0. The first-order chi connectivity index (χ1) is 5.54.